The van der Waals surface area contributed by atoms with Crippen LogP contribution in [-0.2, 0) is 15.9 Å². The molecule has 218 valence electrons. The van der Waals surface area contributed by atoms with Gasteiger partial charge < -0.3 is 23.6 Å². The first kappa shape index (κ1) is 30.6. The van der Waals surface area contributed by atoms with Gasteiger partial charge in [0.25, 0.3) is 5.89 Å². The van der Waals surface area contributed by atoms with Gasteiger partial charge in [-0.3, -0.25) is 0 Å². The molecule has 0 aliphatic rings. The van der Waals surface area contributed by atoms with Crippen LogP contribution >= 0.6 is 23.2 Å². The summed E-state index contributed by atoms with van der Waals surface area (Å²) in [5.74, 6) is -1.04. The highest BCUT2D eigenvalue weighted by atomic mass is 35.5. The van der Waals surface area contributed by atoms with Crippen LogP contribution in [-0.4, -0.2) is 33.4 Å². The lowest BCUT2D eigenvalue weighted by molar-refractivity contribution is 0.0521. The monoisotopic (exact) mass is 612 g/mol. The molecule has 0 atom stereocenters. The molecule has 0 amide bonds. The van der Waals surface area contributed by atoms with Gasteiger partial charge >= 0.3 is 5.97 Å². The summed E-state index contributed by atoms with van der Waals surface area (Å²) in [4.78, 5) is 15.9. The van der Waals surface area contributed by atoms with Gasteiger partial charge in [0.15, 0.2) is 11.6 Å². The number of carbonyl (C=O) groups excluding carboxylic acids is 1. The van der Waals surface area contributed by atoms with Gasteiger partial charge in [-0.05, 0) is 64.4 Å². The van der Waals surface area contributed by atoms with Crippen molar-refractivity contribution in [3.05, 3.63) is 86.6 Å². The number of hydrogen-bond acceptors (Lipinski definition) is 8. The van der Waals surface area contributed by atoms with Crippen LogP contribution in [0, 0.1) is 24.1 Å². The van der Waals surface area contributed by atoms with Gasteiger partial charge in [-0.2, -0.15) is 5.26 Å². The summed E-state index contributed by atoms with van der Waals surface area (Å²) in [6.45, 7) is 13.1. The van der Waals surface area contributed by atoms with Crippen molar-refractivity contribution in [1.29, 1.82) is 5.26 Å². The number of H-pyrrole nitrogens is 1. The molecule has 2 heterocycles. The highest BCUT2D eigenvalue weighted by Crippen LogP contribution is 2.37. The Morgan fingerprint density at radius 3 is 2.62 bits per heavy atom. The average Bonchev–Trinajstić information content (AvgIpc) is 3.51. The lowest BCUT2D eigenvalue weighted by Crippen LogP contribution is -2.19. The summed E-state index contributed by atoms with van der Waals surface area (Å²) >= 11 is 12.3. The Balaban J connectivity index is 1.65. The number of rotatable bonds is 9. The van der Waals surface area contributed by atoms with Crippen LogP contribution in [0.25, 0.3) is 17.3 Å². The molecule has 0 aliphatic carbocycles. The van der Waals surface area contributed by atoms with E-state index < -0.39 is 17.4 Å². The van der Waals surface area contributed by atoms with Crippen molar-refractivity contribution in [2.45, 2.75) is 46.6 Å². The molecule has 0 saturated carbocycles. The second kappa shape index (κ2) is 12.3. The van der Waals surface area contributed by atoms with E-state index in [0.717, 1.165) is 0 Å². The van der Waals surface area contributed by atoms with Crippen molar-refractivity contribution in [3.8, 4) is 29.2 Å². The SMILES string of the molecule is C=C(OC(C)(C)C)c1[nH]c(-c2nnc(Cc3ccc(Cl)c(Oc4cc(Cl)cc(C#N)c4)c3F)o2)c(C)c1C(=O)OCC. The zero-order valence-electron chi connectivity index (χ0n) is 23.5. The molecule has 0 spiro atoms. The van der Waals surface area contributed by atoms with Crippen LogP contribution in [0.15, 0.2) is 41.3 Å². The minimum Gasteiger partial charge on any atom is -0.487 e. The Morgan fingerprint density at radius 2 is 1.95 bits per heavy atom. The van der Waals surface area contributed by atoms with Crippen molar-refractivity contribution in [1.82, 2.24) is 15.2 Å². The molecule has 0 saturated heterocycles. The average molecular weight is 613 g/mol. The van der Waals surface area contributed by atoms with Crippen molar-refractivity contribution in [2.24, 2.45) is 0 Å². The number of esters is 1. The second-order valence-corrected chi connectivity index (χ2v) is 11.0. The van der Waals surface area contributed by atoms with Gasteiger partial charge in [0.2, 0.25) is 5.89 Å². The van der Waals surface area contributed by atoms with Crippen LogP contribution in [0.5, 0.6) is 11.5 Å². The Hall–Kier alpha value is -4.33. The molecular formula is C30H27Cl2FN4O5. The second-order valence-electron chi connectivity index (χ2n) is 10.1. The molecule has 9 nitrogen and oxygen atoms in total. The van der Waals surface area contributed by atoms with E-state index in [2.05, 4.69) is 21.8 Å². The minimum atomic E-state index is -0.751. The number of nitrogens with one attached hydrogen (secondary N) is 1. The molecule has 0 unspecified atom stereocenters. The van der Waals surface area contributed by atoms with Crippen molar-refractivity contribution in [2.75, 3.05) is 6.61 Å². The topological polar surface area (TPSA) is 123 Å². The normalized spacial score (nSPS) is 11.2. The molecule has 0 aliphatic heterocycles. The maximum atomic E-state index is 15.5. The molecule has 2 aromatic heterocycles. The summed E-state index contributed by atoms with van der Waals surface area (Å²) in [6, 6.07) is 9.20. The van der Waals surface area contributed by atoms with E-state index in [0.29, 0.717) is 17.0 Å². The predicted octanol–water partition coefficient (Wildman–Crippen LogP) is 8.04. The van der Waals surface area contributed by atoms with Crippen LogP contribution in [0.4, 0.5) is 4.39 Å². The Labute approximate surface area is 251 Å². The predicted molar refractivity (Wildman–Crippen MR) is 155 cm³/mol. The first-order chi connectivity index (χ1) is 19.8. The van der Waals surface area contributed by atoms with E-state index in [9.17, 15) is 10.1 Å². The van der Waals surface area contributed by atoms with E-state index in [1.165, 1.54) is 30.3 Å². The number of carbonyl (C=O) groups is 1. The molecule has 1 N–H and O–H groups in total. The number of nitriles is 1. The fourth-order valence-electron chi connectivity index (χ4n) is 4.09. The summed E-state index contributed by atoms with van der Waals surface area (Å²) in [5, 5.41) is 17.6. The zero-order chi connectivity index (χ0) is 30.8. The quantitative estimate of drug-likeness (QED) is 0.149. The van der Waals surface area contributed by atoms with Gasteiger partial charge in [-0.1, -0.05) is 35.8 Å². The molecular weight excluding hydrogens is 586 g/mol. The molecule has 12 heteroatoms. The van der Waals surface area contributed by atoms with Gasteiger partial charge in [0.1, 0.15) is 22.8 Å². The summed E-state index contributed by atoms with van der Waals surface area (Å²) in [7, 11) is 0. The standard InChI is InChI=1S/C30H27Cl2FN4O5/c1-7-39-29(38)23-15(2)25(35-26(23)16(3)42-30(4,5)6)28-37-36-22(41-28)12-18-8-9-21(32)27(24(18)33)40-20-11-17(14-34)10-19(31)13-20/h8-11,13,35H,3,7,12H2,1-2,4-6H3. The summed E-state index contributed by atoms with van der Waals surface area (Å²) in [6.07, 6.45) is -0.0947. The third-order valence-electron chi connectivity index (χ3n) is 5.81. The van der Waals surface area contributed by atoms with Gasteiger partial charge in [-0.25, -0.2) is 9.18 Å². The number of nitrogens with zero attached hydrogens (tertiary/aromatic N) is 3. The lowest BCUT2D eigenvalue weighted by atomic mass is 10.1. The molecule has 0 fully saturated rings. The van der Waals surface area contributed by atoms with E-state index >= 15 is 4.39 Å². The minimum absolute atomic E-state index is 0.0136. The maximum Gasteiger partial charge on any atom is 0.340 e. The fraction of sp³-hybridized carbons (Fsp3) is 0.267. The van der Waals surface area contributed by atoms with E-state index in [-0.39, 0.29) is 68.8 Å². The third-order valence-corrected chi connectivity index (χ3v) is 6.33. The number of aromatic amines is 1. The largest absolute Gasteiger partial charge is 0.487 e. The molecule has 4 rings (SSSR count). The van der Waals surface area contributed by atoms with Gasteiger partial charge in [0.05, 0.1) is 40.9 Å². The number of hydrogen-bond donors (Lipinski definition) is 1. The first-order valence-electron chi connectivity index (χ1n) is 12.8. The Bertz CT molecular complexity index is 1720. The molecule has 0 bridgehead atoms. The molecule has 0 radical (unpaired) electrons. The summed E-state index contributed by atoms with van der Waals surface area (Å²) in [5.41, 5.74) is 1.23. The summed E-state index contributed by atoms with van der Waals surface area (Å²) < 4.78 is 38.2. The van der Waals surface area contributed by atoms with E-state index in [1.807, 2.05) is 26.8 Å². The highest BCUT2D eigenvalue weighted by molar-refractivity contribution is 6.32. The fourth-order valence-corrected chi connectivity index (χ4v) is 4.50. The Kier molecular flexibility index (Phi) is 8.95. The van der Waals surface area contributed by atoms with E-state index in [1.54, 1.807) is 13.8 Å². The smallest absolute Gasteiger partial charge is 0.340 e. The molecule has 2 aromatic carbocycles. The van der Waals surface area contributed by atoms with Crippen LogP contribution in [0.1, 0.15) is 66.3 Å². The van der Waals surface area contributed by atoms with Crippen molar-refractivity contribution in [3.63, 3.8) is 0 Å². The highest BCUT2D eigenvalue weighted by Gasteiger charge is 2.28. The van der Waals surface area contributed by atoms with Gasteiger partial charge in [0, 0.05) is 10.6 Å². The maximum absolute atomic E-state index is 15.5. The Morgan fingerprint density at radius 1 is 1.21 bits per heavy atom. The zero-order valence-corrected chi connectivity index (χ0v) is 25.0. The lowest BCUT2D eigenvalue weighted by Gasteiger charge is -2.22. The third kappa shape index (κ3) is 6.75. The number of halogens is 3. The van der Waals surface area contributed by atoms with Gasteiger partial charge in [-0.15, -0.1) is 10.2 Å². The number of aromatic nitrogens is 3. The van der Waals surface area contributed by atoms with Crippen molar-refractivity contribution < 1.29 is 27.8 Å². The van der Waals surface area contributed by atoms with Crippen LogP contribution in [0.2, 0.25) is 10.0 Å². The van der Waals surface area contributed by atoms with Crippen LogP contribution in [0.3, 0.4) is 0 Å². The molecule has 4 aromatic rings. The van der Waals surface area contributed by atoms with Crippen molar-refractivity contribution >= 4 is 34.9 Å². The first-order valence-corrected chi connectivity index (χ1v) is 13.5. The molecule has 42 heavy (non-hydrogen) atoms. The van der Waals surface area contributed by atoms with E-state index in [4.69, 9.17) is 41.8 Å². The number of benzene rings is 2. The number of ether oxygens (including phenoxy) is 3. The van der Waals surface area contributed by atoms with Crippen LogP contribution < -0.4 is 4.74 Å².